The lowest BCUT2D eigenvalue weighted by atomic mass is 10.0. The molecule has 6 rings (SSSR count). The number of likely N-dealkylation sites (N-methyl/N-ethyl adjacent to an activating group) is 1. The molecule has 1 unspecified atom stereocenters. The van der Waals surface area contributed by atoms with E-state index in [4.69, 9.17) is 4.98 Å². The van der Waals surface area contributed by atoms with Gasteiger partial charge in [-0.3, -0.25) is 9.59 Å². The molecule has 0 aliphatic carbocycles. The normalized spacial score (nSPS) is 19.0. The first-order valence-corrected chi connectivity index (χ1v) is 20.7. The van der Waals surface area contributed by atoms with Gasteiger partial charge in [-0.05, 0) is 73.2 Å². The third kappa shape index (κ3) is 8.42. The fraction of sp³-hybridized carbons (Fsp3) is 0.500. The van der Waals surface area contributed by atoms with Crippen molar-refractivity contribution in [1.29, 1.82) is 0 Å². The monoisotopic (exact) mass is 742 g/mol. The van der Waals surface area contributed by atoms with Crippen LogP contribution in [0.1, 0.15) is 91.0 Å². The minimum Gasteiger partial charge on any atom is -0.340 e. The summed E-state index contributed by atoms with van der Waals surface area (Å²) in [6, 6.07) is 15.4. The standard InChI is InChI=1S/C40H54N8O4S/c1-7-41-35(25(3)4)39(49)47-21-9-11-33(47)37-42-23-31(44-37)29-17-13-27(14-18-29)28-15-19-30(20-16-28)32-24-43-38(45-32)34-12-10-22-48(34)40(50)36(26(5)6)46-53(51,52)8-2/h13-20,23-26,33-36,41,46H,7-12,21-22H2,1-6H3,(H,42,44)(H,43,45)/t33-,34?,35-,36-/m0/s1. The van der Waals surface area contributed by atoms with Crippen LogP contribution in [0.3, 0.4) is 0 Å². The molecule has 0 radical (unpaired) electrons. The summed E-state index contributed by atoms with van der Waals surface area (Å²) in [7, 11) is -3.54. The van der Waals surface area contributed by atoms with E-state index in [9.17, 15) is 18.0 Å². The quantitative estimate of drug-likeness (QED) is 0.122. The van der Waals surface area contributed by atoms with Gasteiger partial charge in [-0.15, -0.1) is 0 Å². The maximum absolute atomic E-state index is 13.6. The van der Waals surface area contributed by atoms with Crippen LogP contribution >= 0.6 is 0 Å². The van der Waals surface area contributed by atoms with Crippen molar-refractivity contribution in [2.45, 2.75) is 91.4 Å². The fourth-order valence-electron chi connectivity index (χ4n) is 7.55. The number of amides is 2. The van der Waals surface area contributed by atoms with Gasteiger partial charge in [0.1, 0.15) is 17.7 Å². The highest BCUT2D eigenvalue weighted by Crippen LogP contribution is 2.35. The molecule has 284 valence electrons. The zero-order valence-electron chi connectivity index (χ0n) is 31.7. The van der Waals surface area contributed by atoms with E-state index in [1.54, 1.807) is 18.0 Å². The van der Waals surface area contributed by atoms with E-state index in [2.05, 4.69) is 87.4 Å². The molecular formula is C40H54N8O4S. The molecule has 2 aromatic carbocycles. The minimum atomic E-state index is -3.54. The predicted octanol–water partition coefficient (Wildman–Crippen LogP) is 6.06. The largest absolute Gasteiger partial charge is 0.340 e. The summed E-state index contributed by atoms with van der Waals surface area (Å²) in [4.78, 5) is 47.2. The van der Waals surface area contributed by atoms with Gasteiger partial charge in [-0.1, -0.05) is 83.1 Å². The third-order valence-electron chi connectivity index (χ3n) is 10.6. The predicted molar refractivity (Wildman–Crippen MR) is 208 cm³/mol. The molecule has 4 atom stereocenters. The van der Waals surface area contributed by atoms with Gasteiger partial charge < -0.3 is 25.1 Å². The topological polar surface area (TPSA) is 156 Å². The van der Waals surface area contributed by atoms with E-state index in [1.165, 1.54) is 0 Å². The van der Waals surface area contributed by atoms with Gasteiger partial charge in [0.15, 0.2) is 0 Å². The highest BCUT2D eigenvalue weighted by Gasteiger charge is 2.38. The average Bonchev–Trinajstić information content (AvgIpc) is 3.99. The van der Waals surface area contributed by atoms with Crippen LogP contribution in [0, 0.1) is 11.8 Å². The van der Waals surface area contributed by atoms with Crippen molar-refractivity contribution in [2.75, 3.05) is 25.4 Å². The number of hydrogen-bond acceptors (Lipinski definition) is 7. The molecule has 4 heterocycles. The van der Waals surface area contributed by atoms with Crippen LogP contribution < -0.4 is 10.0 Å². The van der Waals surface area contributed by atoms with E-state index < -0.39 is 16.1 Å². The Morgan fingerprint density at radius 2 is 1.13 bits per heavy atom. The average molecular weight is 743 g/mol. The van der Waals surface area contributed by atoms with E-state index in [1.807, 2.05) is 31.9 Å². The van der Waals surface area contributed by atoms with Gasteiger partial charge in [0.2, 0.25) is 21.8 Å². The first-order valence-electron chi connectivity index (χ1n) is 19.1. The van der Waals surface area contributed by atoms with Crippen LogP contribution in [0.5, 0.6) is 0 Å². The van der Waals surface area contributed by atoms with Crippen molar-refractivity contribution in [3.63, 3.8) is 0 Å². The maximum atomic E-state index is 13.6. The SMILES string of the molecule is CCN[C@H](C(=O)N1CCC[C@H]1c1ncc(-c2ccc(-c3ccc(-c4cnc(C5CCCN5C(=O)[C@@H](NS(=O)(=O)CC)C(C)C)[nH]4)cc3)cc2)[nH]1)C(C)C. The zero-order chi connectivity index (χ0) is 37.9. The first-order chi connectivity index (χ1) is 25.4. The van der Waals surface area contributed by atoms with E-state index in [-0.39, 0.29) is 47.5 Å². The number of hydrogen-bond donors (Lipinski definition) is 4. The molecule has 2 aromatic heterocycles. The molecule has 12 nitrogen and oxygen atoms in total. The minimum absolute atomic E-state index is 0.0503. The lowest BCUT2D eigenvalue weighted by Gasteiger charge is -2.30. The van der Waals surface area contributed by atoms with Crippen LogP contribution in [0.4, 0.5) is 0 Å². The molecule has 2 aliphatic heterocycles. The molecule has 2 aliphatic rings. The van der Waals surface area contributed by atoms with Crippen molar-refractivity contribution >= 4 is 21.8 Å². The zero-order valence-corrected chi connectivity index (χ0v) is 32.5. The highest BCUT2D eigenvalue weighted by molar-refractivity contribution is 7.89. The van der Waals surface area contributed by atoms with Crippen LogP contribution in [0.25, 0.3) is 33.6 Å². The van der Waals surface area contributed by atoms with E-state index in [0.29, 0.717) is 12.4 Å². The van der Waals surface area contributed by atoms with Crippen LogP contribution in [0.15, 0.2) is 60.9 Å². The summed E-state index contributed by atoms with van der Waals surface area (Å²) >= 11 is 0. The van der Waals surface area contributed by atoms with Crippen LogP contribution in [-0.4, -0.2) is 87.4 Å². The summed E-state index contributed by atoms with van der Waals surface area (Å²) in [6.45, 7) is 13.5. The number of carbonyl (C=O) groups excluding carboxylic acids is 2. The number of likely N-dealkylation sites (tertiary alicyclic amines) is 2. The number of aromatic amines is 2. The summed E-state index contributed by atoms with van der Waals surface area (Å²) in [5.41, 5.74) is 5.94. The summed E-state index contributed by atoms with van der Waals surface area (Å²) in [5, 5.41) is 3.37. The molecule has 2 amide bonds. The van der Waals surface area contributed by atoms with Crippen molar-refractivity contribution in [1.82, 2.24) is 39.8 Å². The van der Waals surface area contributed by atoms with E-state index >= 15 is 0 Å². The lowest BCUT2D eigenvalue weighted by molar-refractivity contribution is -0.136. The van der Waals surface area contributed by atoms with Gasteiger partial charge >= 0.3 is 0 Å². The Morgan fingerprint density at radius 1 is 0.717 bits per heavy atom. The molecular weight excluding hydrogens is 689 g/mol. The number of benzene rings is 2. The Kier molecular flexibility index (Phi) is 11.9. The van der Waals surface area contributed by atoms with Crippen LogP contribution in [0.2, 0.25) is 0 Å². The maximum Gasteiger partial charge on any atom is 0.241 e. The molecule has 4 N–H and O–H groups in total. The van der Waals surface area contributed by atoms with Crippen molar-refractivity contribution in [2.24, 2.45) is 11.8 Å². The molecule has 13 heteroatoms. The van der Waals surface area contributed by atoms with Gasteiger partial charge in [0.25, 0.3) is 0 Å². The number of H-pyrrole nitrogens is 2. The number of carbonyl (C=O) groups is 2. The van der Waals surface area contributed by atoms with Crippen LogP contribution in [-0.2, 0) is 19.6 Å². The number of imidazole rings is 2. The van der Waals surface area contributed by atoms with Gasteiger partial charge in [-0.25, -0.2) is 23.1 Å². The summed E-state index contributed by atoms with van der Waals surface area (Å²) in [6.07, 6.45) is 7.09. The second-order valence-electron chi connectivity index (χ2n) is 14.9. The number of nitrogens with zero attached hydrogens (tertiary/aromatic N) is 4. The second kappa shape index (κ2) is 16.4. The lowest BCUT2D eigenvalue weighted by Crippen LogP contribution is -2.51. The fourth-order valence-corrected chi connectivity index (χ4v) is 8.48. The number of rotatable bonds is 14. The smallest absolute Gasteiger partial charge is 0.241 e. The summed E-state index contributed by atoms with van der Waals surface area (Å²) in [5.74, 6) is 1.40. The number of aromatic nitrogens is 4. The van der Waals surface area contributed by atoms with Crippen molar-refractivity contribution < 1.29 is 18.0 Å². The first kappa shape index (κ1) is 38.4. The van der Waals surface area contributed by atoms with Gasteiger partial charge in [-0.2, -0.15) is 0 Å². The Hall–Kier alpha value is -4.33. The molecule has 0 bridgehead atoms. The number of sulfonamides is 1. The van der Waals surface area contributed by atoms with E-state index in [0.717, 1.165) is 78.2 Å². The number of nitrogens with one attached hydrogen (secondary N) is 4. The third-order valence-corrected chi connectivity index (χ3v) is 12.0. The van der Waals surface area contributed by atoms with Crippen molar-refractivity contribution in [3.05, 3.63) is 72.6 Å². The molecule has 2 fully saturated rings. The molecule has 53 heavy (non-hydrogen) atoms. The molecule has 0 spiro atoms. The molecule has 2 saturated heterocycles. The Balaban J connectivity index is 1.11. The Morgan fingerprint density at radius 3 is 1.53 bits per heavy atom. The molecule has 0 saturated carbocycles. The van der Waals surface area contributed by atoms with Gasteiger partial charge in [0.05, 0.1) is 47.7 Å². The van der Waals surface area contributed by atoms with Gasteiger partial charge in [0, 0.05) is 13.1 Å². The Bertz CT molecular complexity index is 1970. The summed E-state index contributed by atoms with van der Waals surface area (Å²) < 4.78 is 27.3. The highest BCUT2D eigenvalue weighted by atomic mass is 32.2. The van der Waals surface area contributed by atoms with Crippen molar-refractivity contribution in [3.8, 4) is 33.6 Å². The Labute approximate surface area is 313 Å². The molecule has 4 aromatic rings. The second-order valence-corrected chi connectivity index (χ2v) is 17.0.